The molecule has 0 N–H and O–H groups in total. The summed E-state index contributed by atoms with van der Waals surface area (Å²) in [6.45, 7) is -0.762. The number of carbonyl (C=O) groups is 1. The molecule has 1 rings (SSSR count). The van der Waals surface area contributed by atoms with E-state index in [-0.39, 0.29) is 11.5 Å². The van der Waals surface area contributed by atoms with Crippen LogP contribution in [0.4, 0.5) is 8.78 Å². The third kappa shape index (κ3) is 4.93. The number of hydrogen-bond donors (Lipinski definition) is 0. The topological polar surface area (TPSA) is 26.3 Å². The lowest BCUT2D eigenvalue weighted by atomic mass is 10.0. The first-order valence-corrected chi connectivity index (χ1v) is 5.71. The van der Waals surface area contributed by atoms with E-state index in [1.807, 2.05) is 0 Å². The Labute approximate surface area is 99.6 Å². The van der Waals surface area contributed by atoms with E-state index in [1.54, 1.807) is 0 Å². The summed E-state index contributed by atoms with van der Waals surface area (Å²) in [6.07, 6.45) is 3.46. The van der Waals surface area contributed by atoms with Crippen LogP contribution in [0.3, 0.4) is 0 Å². The van der Waals surface area contributed by atoms with Crippen LogP contribution in [-0.4, -0.2) is 12.4 Å². The molecule has 0 bridgehead atoms. The van der Waals surface area contributed by atoms with Gasteiger partial charge in [-0.3, -0.25) is 4.79 Å². The van der Waals surface area contributed by atoms with Crippen LogP contribution in [0, 0.1) is 0 Å². The van der Waals surface area contributed by atoms with Gasteiger partial charge < -0.3 is 4.74 Å². The number of ether oxygens (including phenoxy) is 1. The molecule has 17 heavy (non-hydrogen) atoms. The third-order valence-corrected chi connectivity index (χ3v) is 2.41. The highest BCUT2D eigenvalue weighted by Gasteiger charge is 2.07. The van der Waals surface area contributed by atoms with Crippen molar-refractivity contribution in [2.45, 2.75) is 39.2 Å². The Bertz CT molecular complexity index is 347. The quantitative estimate of drug-likeness (QED) is 0.532. The smallest absolute Gasteiger partial charge is 0.387 e. The lowest BCUT2D eigenvalue weighted by Gasteiger charge is -2.05. The fourth-order valence-electron chi connectivity index (χ4n) is 1.50. The van der Waals surface area contributed by atoms with Crippen LogP contribution in [-0.2, 0) is 0 Å². The molecule has 0 aliphatic rings. The molecule has 0 atom stereocenters. The first kappa shape index (κ1) is 13.6. The van der Waals surface area contributed by atoms with E-state index in [2.05, 4.69) is 11.7 Å². The molecule has 0 aliphatic heterocycles. The van der Waals surface area contributed by atoms with Gasteiger partial charge in [-0.15, -0.1) is 0 Å². The van der Waals surface area contributed by atoms with Gasteiger partial charge in [0.05, 0.1) is 0 Å². The standard InChI is InChI=1S/C13H16F2O2/c1-2-3-4-5-12(16)10-6-8-11(9-7-10)17-13(14)15/h6-9,13H,2-5H2,1H3. The van der Waals surface area contributed by atoms with Crippen molar-refractivity contribution in [1.82, 2.24) is 0 Å². The van der Waals surface area contributed by atoms with Crippen LogP contribution in [0.2, 0.25) is 0 Å². The summed E-state index contributed by atoms with van der Waals surface area (Å²) in [4.78, 5) is 11.7. The third-order valence-electron chi connectivity index (χ3n) is 2.41. The van der Waals surface area contributed by atoms with Crippen molar-refractivity contribution in [3.05, 3.63) is 29.8 Å². The maximum Gasteiger partial charge on any atom is 0.387 e. The van der Waals surface area contributed by atoms with E-state index in [1.165, 1.54) is 24.3 Å². The second-order valence-electron chi connectivity index (χ2n) is 3.78. The van der Waals surface area contributed by atoms with E-state index in [4.69, 9.17) is 0 Å². The molecule has 0 amide bonds. The Morgan fingerprint density at radius 1 is 1.24 bits per heavy atom. The summed E-state index contributed by atoms with van der Waals surface area (Å²) in [6, 6.07) is 5.82. The second-order valence-corrected chi connectivity index (χ2v) is 3.78. The van der Waals surface area contributed by atoms with Crippen molar-refractivity contribution < 1.29 is 18.3 Å². The lowest BCUT2D eigenvalue weighted by molar-refractivity contribution is -0.0498. The van der Waals surface area contributed by atoms with E-state index < -0.39 is 6.61 Å². The predicted octanol–water partition coefficient (Wildman–Crippen LogP) is 4.05. The van der Waals surface area contributed by atoms with E-state index >= 15 is 0 Å². The summed E-state index contributed by atoms with van der Waals surface area (Å²) in [7, 11) is 0. The lowest BCUT2D eigenvalue weighted by Crippen LogP contribution is -2.03. The molecule has 0 radical (unpaired) electrons. The fraction of sp³-hybridized carbons (Fsp3) is 0.462. The number of benzene rings is 1. The molecule has 0 spiro atoms. The van der Waals surface area contributed by atoms with Crippen LogP contribution in [0.5, 0.6) is 5.75 Å². The number of alkyl halides is 2. The first-order chi connectivity index (χ1) is 8.13. The van der Waals surface area contributed by atoms with Gasteiger partial charge in [0.15, 0.2) is 5.78 Å². The van der Waals surface area contributed by atoms with Gasteiger partial charge in [0.1, 0.15) is 5.75 Å². The number of carbonyl (C=O) groups excluding carboxylic acids is 1. The molecule has 0 heterocycles. The Kier molecular flexibility index (Phi) is 5.60. The summed E-state index contributed by atoms with van der Waals surface area (Å²) in [5, 5.41) is 0. The van der Waals surface area contributed by atoms with Gasteiger partial charge in [0.25, 0.3) is 0 Å². The molecule has 0 aromatic heterocycles. The van der Waals surface area contributed by atoms with Crippen LogP contribution in [0.1, 0.15) is 43.0 Å². The summed E-state index contributed by atoms with van der Waals surface area (Å²) >= 11 is 0. The monoisotopic (exact) mass is 242 g/mol. The molecule has 0 fully saturated rings. The number of Topliss-reactive ketones (excluding diaryl/α,β-unsaturated/α-hetero) is 1. The molecule has 1 aromatic rings. The fourth-order valence-corrected chi connectivity index (χ4v) is 1.50. The van der Waals surface area contributed by atoms with Gasteiger partial charge in [-0.05, 0) is 30.7 Å². The predicted molar refractivity (Wildman–Crippen MR) is 61.5 cm³/mol. The van der Waals surface area contributed by atoms with E-state index in [9.17, 15) is 13.6 Å². The average molecular weight is 242 g/mol. The van der Waals surface area contributed by atoms with Gasteiger partial charge in [0.2, 0.25) is 0 Å². The number of rotatable bonds is 7. The van der Waals surface area contributed by atoms with Crippen molar-refractivity contribution in [2.75, 3.05) is 0 Å². The molecule has 4 heteroatoms. The second kappa shape index (κ2) is 6.99. The molecule has 2 nitrogen and oxygen atoms in total. The number of unbranched alkanes of at least 4 members (excludes halogenated alkanes) is 2. The number of ketones is 1. The molecule has 1 aromatic carbocycles. The van der Waals surface area contributed by atoms with Crippen molar-refractivity contribution in [2.24, 2.45) is 0 Å². The summed E-state index contributed by atoms with van der Waals surface area (Å²) < 4.78 is 28.0. The average Bonchev–Trinajstić information content (AvgIpc) is 2.29. The van der Waals surface area contributed by atoms with Crippen LogP contribution in [0.25, 0.3) is 0 Å². The molecular weight excluding hydrogens is 226 g/mol. The van der Waals surface area contributed by atoms with Crippen LogP contribution >= 0.6 is 0 Å². The highest BCUT2D eigenvalue weighted by Crippen LogP contribution is 2.16. The van der Waals surface area contributed by atoms with E-state index in [0.29, 0.717) is 12.0 Å². The van der Waals surface area contributed by atoms with Crippen LogP contribution in [0.15, 0.2) is 24.3 Å². The van der Waals surface area contributed by atoms with Gasteiger partial charge in [-0.2, -0.15) is 8.78 Å². The molecular formula is C13H16F2O2. The molecule has 0 saturated carbocycles. The van der Waals surface area contributed by atoms with Gasteiger partial charge >= 0.3 is 6.61 Å². The molecule has 0 aliphatic carbocycles. The first-order valence-electron chi connectivity index (χ1n) is 5.71. The highest BCUT2D eigenvalue weighted by atomic mass is 19.3. The van der Waals surface area contributed by atoms with Crippen molar-refractivity contribution in [1.29, 1.82) is 0 Å². The normalized spacial score (nSPS) is 10.6. The zero-order chi connectivity index (χ0) is 12.7. The van der Waals surface area contributed by atoms with E-state index in [0.717, 1.165) is 19.3 Å². The number of halogens is 2. The Morgan fingerprint density at radius 3 is 2.41 bits per heavy atom. The van der Waals surface area contributed by atoms with Crippen molar-refractivity contribution >= 4 is 5.78 Å². The molecule has 94 valence electrons. The minimum Gasteiger partial charge on any atom is -0.435 e. The highest BCUT2D eigenvalue weighted by molar-refractivity contribution is 5.96. The SMILES string of the molecule is CCCCCC(=O)c1ccc(OC(F)F)cc1. The number of hydrogen-bond acceptors (Lipinski definition) is 2. The minimum absolute atomic E-state index is 0.0436. The zero-order valence-electron chi connectivity index (χ0n) is 9.79. The summed E-state index contributed by atoms with van der Waals surface area (Å²) in [5.41, 5.74) is 0.544. The van der Waals surface area contributed by atoms with Gasteiger partial charge in [0, 0.05) is 12.0 Å². The van der Waals surface area contributed by atoms with Crippen LogP contribution < -0.4 is 4.74 Å². The Balaban J connectivity index is 2.52. The maximum absolute atomic E-state index is 11.9. The maximum atomic E-state index is 11.9. The molecule has 0 unspecified atom stereocenters. The minimum atomic E-state index is -2.83. The largest absolute Gasteiger partial charge is 0.435 e. The molecule has 0 saturated heterocycles. The Hall–Kier alpha value is -1.45. The van der Waals surface area contributed by atoms with Crippen molar-refractivity contribution in [3.63, 3.8) is 0 Å². The van der Waals surface area contributed by atoms with Gasteiger partial charge in [-0.1, -0.05) is 19.8 Å². The zero-order valence-corrected chi connectivity index (χ0v) is 9.79. The van der Waals surface area contributed by atoms with Crippen molar-refractivity contribution in [3.8, 4) is 5.75 Å². The van der Waals surface area contributed by atoms with Gasteiger partial charge in [-0.25, -0.2) is 0 Å². The Morgan fingerprint density at radius 2 is 1.88 bits per heavy atom. The summed E-state index contributed by atoms with van der Waals surface area (Å²) in [5.74, 6) is 0.118.